The van der Waals surface area contributed by atoms with Crippen molar-refractivity contribution >= 4 is 48.1 Å². The number of hydrogen-bond acceptors (Lipinski definition) is 11. The quantitative estimate of drug-likeness (QED) is 0.121. The summed E-state index contributed by atoms with van der Waals surface area (Å²) in [5, 5.41) is 23.7. The Labute approximate surface area is 256 Å². The molecule has 2 heterocycles. The molecule has 0 spiro atoms. The molecule has 0 bridgehead atoms. The van der Waals surface area contributed by atoms with E-state index >= 15 is 0 Å². The van der Waals surface area contributed by atoms with E-state index in [1.54, 1.807) is 4.90 Å². The zero-order valence-corrected chi connectivity index (χ0v) is 24.3. The number of carbonyl (C=O) groups excluding carboxylic acids is 3. The second kappa shape index (κ2) is 14.5. The number of amides is 3. The molecule has 0 radical (unpaired) electrons. The fraction of sp³-hybridized carbons (Fsp3) is 0.407. The number of alkyl carbamates (subject to hydrolysis) is 1. The van der Waals surface area contributed by atoms with Crippen LogP contribution in [0.15, 0.2) is 53.5 Å². The number of likely N-dealkylation sites (tertiary alicyclic amines) is 2. The van der Waals surface area contributed by atoms with E-state index < -0.39 is 28.1 Å². The number of benzene rings is 2. The number of thiol groups is 1. The molecule has 2 saturated heterocycles. The van der Waals surface area contributed by atoms with E-state index in [1.165, 1.54) is 53.4 Å². The zero-order valence-electron chi connectivity index (χ0n) is 23.4. The van der Waals surface area contributed by atoms with Crippen LogP contribution >= 0.6 is 12.6 Å². The third-order valence-corrected chi connectivity index (χ3v) is 7.55. The van der Waals surface area contributed by atoms with Crippen LogP contribution in [0.25, 0.3) is 0 Å². The van der Waals surface area contributed by atoms with Crippen molar-refractivity contribution in [3.05, 3.63) is 79.9 Å². The van der Waals surface area contributed by atoms with Gasteiger partial charge in [0.1, 0.15) is 19.3 Å². The largest absolute Gasteiger partial charge is 0.445 e. The van der Waals surface area contributed by atoms with Gasteiger partial charge in [0, 0.05) is 55.7 Å². The first-order valence-electron chi connectivity index (χ1n) is 13.6. The van der Waals surface area contributed by atoms with Crippen molar-refractivity contribution in [1.82, 2.24) is 15.1 Å². The number of ether oxygens (including phenoxy) is 2. The fourth-order valence-corrected chi connectivity index (χ4v) is 5.23. The Morgan fingerprint density at radius 3 is 2.09 bits per heavy atom. The number of non-ortho nitro benzene ring substituents is 2. The van der Waals surface area contributed by atoms with E-state index in [9.17, 15) is 34.6 Å². The van der Waals surface area contributed by atoms with Gasteiger partial charge in [-0.05, 0) is 54.2 Å². The van der Waals surface area contributed by atoms with E-state index in [0.29, 0.717) is 37.1 Å². The smallest absolute Gasteiger partial charge is 0.414 e. The topological polar surface area (TPSA) is 213 Å². The van der Waals surface area contributed by atoms with Crippen LogP contribution in [0.5, 0.6) is 0 Å². The number of nitrogens with one attached hydrogen (secondary N) is 1. The molecule has 2 fully saturated rings. The molecule has 2 aromatic carbocycles. The minimum absolute atomic E-state index is 0.0221. The molecule has 2 aromatic rings. The summed E-state index contributed by atoms with van der Waals surface area (Å²) in [5.41, 5.74) is 6.79. The summed E-state index contributed by atoms with van der Waals surface area (Å²) in [6.45, 7) is 1.12. The summed E-state index contributed by atoms with van der Waals surface area (Å²) in [6.07, 6.45) is -0.490. The molecule has 0 aliphatic carbocycles. The SMILES string of the molecule is NC(=NC[C@@H]1CCN(C(=O)[C@@H]2C[C@H](S)CN2C(=O)OCc2ccc([N+](=O)[O-])cc2)C1)NC(=O)OCc1ccc([N+](=O)[O-])cc1. The van der Waals surface area contributed by atoms with E-state index in [-0.39, 0.29) is 60.7 Å². The second-order valence-corrected chi connectivity index (χ2v) is 11.1. The van der Waals surface area contributed by atoms with E-state index in [2.05, 4.69) is 22.9 Å². The number of nitro benzene ring substituents is 2. The second-order valence-electron chi connectivity index (χ2n) is 10.3. The van der Waals surface area contributed by atoms with Gasteiger partial charge in [0.15, 0.2) is 5.96 Å². The van der Waals surface area contributed by atoms with Gasteiger partial charge in [0.25, 0.3) is 11.4 Å². The minimum atomic E-state index is -0.837. The van der Waals surface area contributed by atoms with Crippen molar-refractivity contribution in [2.45, 2.75) is 37.3 Å². The Morgan fingerprint density at radius 1 is 0.955 bits per heavy atom. The van der Waals surface area contributed by atoms with Crippen LogP contribution in [0.4, 0.5) is 21.0 Å². The van der Waals surface area contributed by atoms with Crippen LogP contribution in [-0.4, -0.2) is 81.2 Å². The Kier molecular flexibility index (Phi) is 10.5. The highest BCUT2D eigenvalue weighted by Gasteiger charge is 2.42. The van der Waals surface area contributed by atoms with Crippen LogP contribution < -0.4 is 11.1 Å². The fourth-order valence-electron chi connectivity index (χ4n) is 4.85. The maximum atomic E-state index is 13.4. The lowest BCUT2D eigenvalue weighted by Crippen LogP contribution is -2.47. The van der Waals surface area contributed by atoms with Crippen molar-refractivity contribution in [3.63, 3.8) is 0 Å². The molecule has 0 aromatic heterocycles. The Bertz CT molecular complexity index is 1420. The van der Waals surface area contributed by atoms with Crippen LogP contribution in [0.3, 0.4) is 0 Å². The number of nitro groups is 2. The molecular weight excluding hydrogens is 598 g/mol. The summed E-state index contributed by atoms with van der Waals surface area (Å²) in [5.74, 6) is -0.397. The maximum Gasteiger partial charge on any atom is 0.414 e. The summed E-state index contributed by atoms with van der Waals surface area (Å²) < 4.78 is 10.5. The normalized spacial score (nSPS) is 19.8. The Balaban J connectivity index is 1.22. The highest BCUT2D eigenvalue weighted by molar-refractivity contribution is 7.81. The first-order valence-corrected chi connectivity index (χ1v) is 14.1. The highest BCUT2D eigenvalue weighted by Crippen LogP contribution is 2.27. The highest BCUT2D eigenvalue weighted by atomic mass is 32.1. The monoisotopic (exact) mass is 629 g/mol. The van der Waals surface area contributed by atoms with Gasteiger partial charge in [0.2, 0.25) is 5.91 Å². The van der Waals surface area contributed by atoms with E-state index in [1.807, 2.05) is 0 Å². The van der Waals surface area contributed by atoms with Crippen molar-refractivity contribution in [2.24, 2.45) is 16.6 Å². The van der Waals surface area contributed by atoms with Crippen molar-refractivity contribution < 1.29 is 33.7 Å². The predicted molar refractivity (Wildman–Crippen MR) is 159 cm³/mol. The van der Waals surface area contributed by atoms with E-state index in [0.717, 1.165) is 0 Å². The molecular formula is C27H31N7O9S. The maximum absolute atomic E-state index is 13.4. The number of guanidine groups is 1. The molecule has 0 saturated carbocycles. The molecule has 2 aliphatic heterocycles. The van der Waals surface area contributed by atoms with Crippen LogP contribution in [-0.2, 0) is 27.5 Å². The van der Waals surface area contributed by atoms with Gasteiger partial charge in [-0.2, -0.15) is 12.6 Å². The lowest BCUT2D eigenvalue weighted by atomic mass is 10.1. The van der Waals surface area contributed by atoms with Crippen molar-refractivity contribution in [3.8, 4) is 0 Å². The van der Waals surface area contributed by atoms with E-state index in [4.69, 9.17) is 15.2 Å². The number of hydrogen-bond donors (Lipinski definition) is 3. The molecule has 17 heteroatoms. The van der Waals surface area contributed by atoms with Gasteiger partial charge in [-0.25, -0.2) is 9.59 Å². The van der Waals surface area contributed by atoms with Gasteiger partial charge >= 0.3 is 12.2 Å². The zero-order chi connectivity index (χ0) is 31.8. The summed E-state index contributed by atoms with van der Waals surface area (Å²) in [7, 11) is 0. The Hall–Kier alpha value is -4.93. The van der Waals surface area contributed by atoms with Crippen molar-refractivity contribution in [1.29, 1.82) is 0 Å². The molecule has 0 unspecified atom stereocenters. The third kappa shape index (κ3) is 8.56. The Morgan fingerprint density at radius 2 is 1.52 bits per heavy atom. The molecule has 3 amide bonds. The molecule has 2 aliphatic rings. The third-order valence-electron chi connectivity index (χ3n) is 7.17. The van der Waals surface area contributed by atoms with Gasteiger partial charge in [0.05, 0.1) is 9.85 Å². The first-order chi connectivity index (χ1) is 21.0. The average Bonchev–Trinajstić information content (AvgIpc) is 3.64. The van der Waals surface area contributed by atoms with Crippen LogP contribution in [0.2, 0.25) is 0 Å². The average molecular weight is 630 g/mol. The minimum Gasteiger partial charge on any atom is -0.445 e. The number of carbonyl (C=O) groups is 3. The molecule has 3 atom stereocenters. The molecule has 44 heavy (non-hydrogen) atoms. The summed E-state index contributed by atoms with van der Waals surface area (Å²) >= 11 is 4.47. The van der Waals surface area contributed by atoms with Crippen LogP contribution in [0.1, 0.15) is 24.0 Å². The molecule has 16 nitrogen and oxygen atoms in total. The van der Waals surface area contributed by atoms with Gasteiger partial charge in [-0.1, -0.05) is 0 Å². The van der Waals surface area contributed by atoms with Crippen molar-refractivity contribution in [2.75, 3.05) is 26.2 Å². The predicted octanol–water partition coefficient (Wildman–Crippen LogP) is 2.60. The molecule has 3 N–H and O–H groups in total. The number of aliphatic imine (C=N–C) groups is 1. The van der Waals surface area contributed by atoms with Gasteiger partial charge in [-0.3, -0.25) is 40.2 Å². The number of rotatable bonds is 9. The standard InChI is InChI=1S/C27H31N7O9S/c28-25(30-26(36)42-15-17-1-5-20(6-2-17)33(38)39)29-12-19-9-10-31(13-19)24(35)23-11-22(44)14-32(23)27(37)43-16-18-3-7-21(8-4-18)34(40)41/h1-8,19,22-23,44H,9-16H2,(H3,28,29,30,36)/t19-,22-,23-/m0/s1. The van der Waals surface area contributed by atoms with Gasteiger partial charge < -0.3 is 20.1 Å². The molecule has 4 rings (SSSR count). The molecule has 234 valence electrons. The summed E-state index contributed by atoms with van der Waals surface area (Å²) in [6, 6.07) is 10.5. The number of nitrogens with two attached hydrogens (primary N) is 1. The lowest BCUT2D eigenvalue weighted by molar-refractivity contribution is -0.385. The first kappa shape index (κ1) is 32.0. The number of nitrogens with zero attached hydrogens (tertiary/aromatic N) is 5. The summed E-state index contributed by atoms with van der Waals surface area (Å²) in [4.78, 5) is 66.0. The lowest BCUT2D eigenvalue weighted by Gasteiger charge is -2.27. The van der Waals surface area contributed by atoms with Crippen LogP contribution in [0, 0.1) is 26.1 Å². The van der Waals surface area contributed by atoms with Gasteiger partial charge in [-0.15, -0.1) is 0 Å².